The average molecular weight is 228 g/mol. The zero-order valence-corrected chi connectivity index (χ0v) is 9.82. The maximum absolute atomic E-state index is 11.7. The van der Waals surface area contributed by atoms with E-state index in [1.807, 2.05) is 0 Å². The number of amides is 2. The van der Waals surface area contributed by atoms with Gasteiger partial charge in [0.2, 0.25) is 11.8 Å². The smallest absolute Gasteiger partial charge is 0.242 e. The number of hydrogen-bond acceptors (Lipinski definition) is 3. The number of rotatable bonds is 4. The Balaban J connectivity index is 2.41. The number of aliphatic hydroxyl groups excluding tert-OH is 1. The molecule has 2 amide bonds. The molecule has 1 aliphatic carbocycles. The summed E-state index contributed by atoms with van der Waals surface area (Å²) in [4.78, 5) is 22.5. The number of nitrogens with one attached hydrogen (secondary N) is 2. The van der Waals surface area contributed by atoms with E-state index >= 15 is 0 Å². The first-order valence-corrected chi connectivity index (χ1v) is 5.73. The van der Waals surface area contributed by atoms with Crippen LogP contribution in [-0.4, -0.2) is 35.6 Å². The second-order valence-corrected chi connectivity index (χ2v) is 4.41. The second-order valence-electron chi connectivity index (χ2n) is 4.41. The summed E-state index contributed by atoms with van der Waals surface area (Å²) in [5.41, 5.74) is 0. The van der Waals surface area contributed by atoms with Crippen molar-refractivity contribution in [2.24, 2.45) is 5.92 Å². The fourth-order valence-corrected chi connectivity index (χ4v) is 2.12. The predicted octanol–water partition coefficient (Wildman–Crippen LogP) is -0.212. The molecule has 3 N–H and O–H groups in total. The molecule has 5 nitrogen and oxygen atoms in total. The highest BCUT2D eigenvalue weighted by Crippen LogP contribution is 2.24. The van der Waals surface area contributed by atoms with Crippen molar-refractivity contribution in [3.8, 4) is 0 Å². The summed E-state index contributed by atoms with van der Waals surface area (Å²) in [6, 6.07) is -0.467. The van der Waals surface area contributed by atoms with Gasteiger partial charge in [-0.25, -0.2) is 0 Å². The minimum absolute atomic E-state index is 0.0497. The maximum atomic E-state index is 11.7. The quantitative estimate of drug-likeness (QED) is 0.623. The lowest BCUT2D eigenvalue weighted by Gasteiger charge is -2.21. The molecule has 0 heterocycles. The molecule has 0 aromatic carbocycles. The molecule has 0 spiro atoms. The van der Waals surface area contributed by atoms with Crippen LogP contribution in [0.5, 0.6) is 0 Å². The Morgan fingerprint density at radius 2 is 2.12 bits per heavy atom. The lowest BCUT2D eigenvalue weighted by atomic mass is 10.0. The number of carbonyl (C=O) groups excluding carboxylic acids is 2. The van der Waals surface area contributed by atoms with Crippen LogP contribution in [0.1, 0.15) is 33.1 Å². The maximum Gasteiger partial charge on any atom is 0.242 e. The lowest BCUT2D eigenvalue weighted by molar-refractivity contribution is -0.128. The van der Waals surface area contributed by atoms with Gasteiger partial charge in [-0.1, -0.05) is 6.42 Å². The summed E-state index contributed by atoms with van der Waals surface area (Å²) in [6.07, 6.45) is 2.89. The molecule has 0 radical (unpaired) electrons. The molecule has 3 atom stereocenters. The number of hydrogen-bond donors (Lipinski definition) is 3. The van der Waals surface area contributed by atoms with Gasteiger partial charge in [-0.3, -0.25) is 9.59 Å². The highest BCUT2D eigenvalue weighted by atomic mass is 16.3. The van der Waals surface area contributed by atoms with Crippen LogP contribution in [0.3, 0.4) is 0 Å². The monoisotopic (exact) mass is 228 g/mol. The van der Waals surface area contributed by atoms with Crippen LogP contribution in [0.25, 0.3) is 0 Å². The van der Waals surface area contributed by atoms with E-state index in [0.29, 0.717) is 0 Å². The van der Waals surface area contributed by atoms with Crippen molar-refractivity contribution >= 4 is 11.8 Å². The summed E-state index contributed by atoms with van der Waals surface area (Å²) < 4.78 is 0. The van der Waals surface area contributed by atoms with Crippen molar-refractivity contribution in [3.05, 3.63) is 0 Å². The molecule has 1 saturated carbocycles. The molecular formula is C11H20N2O3. The molecule has 5 heteroatoms. The SMILES string of the molecule is CC(=O)NC(C)C(=O)NC1CCCC1CO. The zero-order chi connectivity index (χ0) is 12.1. The van der Waals surface area contributed by atoms with Gasteiger partial charge in [-0.15, -0.1) is 0 Å². The highest BCUT2D eigenvalue weighted by Gasteiger charge is 2.29. The molecule has 0 aromatic rings. The van der Waals surface area contributed by atoms with E-state index in [4.69, 9.17) is 5.11 Å². The first-order chi connectivity index (χ1) is 7.54. The molecule has 16 heavy (non-hydrogen) atoms. The van der Waals surface area contributed by atoms with Crippen molar-refractivity contribution in [2.45, 2.75) is 45.2 Å². The van der Waals surface area contributed by atoms with E-state index in [0.717, 1.165) is 19.3 Å². The Morgan fingerprint density at radius 1 is 1.44 bits per heavy atom. The summed E-state index contributed by atoms with van der Waals surface area (Å²) in [6.45, 7) is 3.15. The number of aliphatic hydroxyl groups is 1. The highest BCUT2D eigenvalue weighted by molar-refractivity contribution is 5.86. The van der Waals surface area contributed by atoms with Crippen molar-refractivity contribution in [1.82, 2.24) is 10.6 Å². The van der Waals surface area contributed by atoms with Gasteiger partial charge >= 0.3 is 0 Å². The standard InChI is InChI=1S/C11H20N2O3/c1-7(12-8(2)15)11(16)13-10-5-3-4-9(10)6-14/h7,9-10,14H,3-6H2,1-2H3,(H,12,15)(H,13,16). The van der Waals surface area contributed by atoms with Gasteiger partial charge in [0.05, 0.1) is 0 Å². The van der Waals surface area contributed by atoms with Crippen LogP contribution in [0, 0.1) is 5.92 Å². The van der Waals surface area contributed by atoms with Crippen LogP contribution < -0.4 is 10.6 Å². The van der Waals surface area contributed by atoms with E-state index < -0.39 is 6.04 Å². The first-order valence-electron chi connectivity index (χ1n) is 5.73. The van der Waals surface area contributed by atoms with Gasteiger partial charge in [-0.2, -0.15) is 0 Å². The molecule has 0 aliphatic heterocycles. The molecular weight excluding hydrogens is 208 g/mol. The topological polar surface area (TPSA) is 78.4 Å². The first kappa shape index (κ1) is 13.0. The molecule has 0 bridgehead atoms. The third-order valence-electron chi connectivity index (χ3n) is 3.03. The molecule has 92 valence electrons. The molecule has 0 aromatic heterocycles. The summed E-state index contributed by atoms with van der Waals surface area (Å²) in [5.74, 6) is -0.234. The van der Waals surface area contributed by atoms with Crippen LogP contribution in [0.15, 0.2) is 0 Å². The Labute approximate surface area is 95.6 Å². The van der Waals surface area contributed by atoms with E-state index in [1.165, 1.54) is 6.92 Å². The molecule has 0 saturated heterocycles. The van der Waals surface area contributed by atoms with Crippen LogP contribution in [0.2, 0.25) is 0 Å². The molecule has 1 rings (SSSR count). The van der Waals surface area contributed by atoms with Crippen molar-refractivity contribution in [3.63, 3.8) is 0 Å². The lowest BCUT2D eigenvalue weighted by Crippen LogP contribution is -2.48. The molecule has 1 fully saturated rings. The van der Waals surface area contributed by atoms with Crippen LogP contribution in [0.4, 0.5) is 0 Å². The van der Waals surface area contributed by atoms with Gasteiger partial charge < -0.3 is 15.7 Å². The van der Waals surface area contributed by atoms with Crippen molar-refractivity contribution in [2.75, 3.05) is 6.61 Å². The summed E-state index contributed by atoms with van der Waals surface area (Å²) >= 11 is 0. The van der Waals surface area contributed by atoms with Crippen molar-refractivity contribution < 1.29 is 14.7 Å². The van der Waals surface area contributed by atoms with Gasteiger partial charge in [0.15, 0.2) is 0 Å². The van der Waals surface area contributed by atoms with E-state index in [-0.39, 0.29) is 30.4 Å². The second kappa shape index (κ2) is 5.84. The minimum atomic E-state index is -0.516. The largest absolute Gasteiger partial charge is 0.396 e. The van der Waals surface area contributed by atoms with Gasteiger partial charge in [0.1, 0.15) is 6.04 Å². The van der Waals surface area contributed by atoms with E-state index in [1.54, 1.807) is 6.92 Å². The fraction of sp³-hybridized carbons (Fsp3) is 0.818. The number of carbonyl (C=O) groups is 2. The zero-order valence-electron chi connectivity index (χ0n) is 9.82. The van der Waals surface area contributed by atoms with Crippen LogP contribution in [-0.2, 0) is 9.59 Å². The predicted molar refractivity (Wildman–Crippen MR) is 59.6 cm³/mol. The Morgan fingerprint density at radius 3 is 2.69 bits per heavy atom. The normalized spacial score (nSPS) is 26.2. The van der Waals surface area contributed by atoms with Gasteiger partial charge in [0.25, 0.3) is 0 Å². The third kappa shape index (κ3) is 3.48. The third-order valence-corrected chi connectivity index (χ3v) is 3.03. The Hall–Kier alpha value is -1.10. The fourth-order valence-electron chi connectivity index (χ4n) is 2.12. The molecule has 1 aliphatic rings. The average Bonchev–Trinajstić information content (AvgIpc) is 2.64. The van der Waals surface area contributed by atoms with E-state index in [2.05, 4.69) is 10.6 Å². The Bertz CT molecular complexity index is 268. The minimum Gasteiger partial charge on any atom is -0.396 e. The van der Waals surface area contributed by atoms with E-state index in [9.17, 15) is 9.59 Å². The van der Waals surface area contributed by atoms with Crippen LogP contribution >= 0.6 is 0 Å². The van der Waals surface area contributed by atoms with Crippen molar-refractivity contribution in [1.29, 1.82) is 0 Å². The molecule has 3 unspecified atom stereocenters. The van der Waals surface area contributed by atoms with Gasteiger partial charge in [0, 0.05) is 25.5 Å². The Kier molecular flexibility index (Phi) is 4.73. The summed E-state index contributed by atoms with van der Waals surface area (Å²) in [5, 5.41) is 14.5. The van der Waals surface area contributed by atoms with Gasteiger partial charge in [-0.05, 0) is 19.8 Å². The summed E-state index contributed by atoms with van der Waals surface area (Å²) in [7, 11) is 0.